The van der Waals surface area contributed by atoms with Crippen molar-refractivity contribution >= 4 is 0 Å². The molecule has 3 nitrogen and oxygen atoms in total. The van der Waals surface area contributed by atoms with Crippen LogP contribution in [0, 0.1) is 0 Å². The molecule has 0 aliphatic rings. The van der Waals surface area contributed by atoms with E-state index in [1.165, 1.54) is 5.56 Å². The van der Waals surface area contributed by atoms with Gasteiger partial charge in [0.05, 0.1) is 6.61 Å². The molecule has 44 heavy (non-hydrogen) atoms. The first-order chi connectivity index (χ1) is 21.4. The number of hydrogen-bond donors (Lipinski definition) is 1. The standard InChI is InChI=1S/C41H45NO2/c1-31(2)42(32(3)4)28-27-38(34-17-9-5-10-18-34)39-29-33(25-26-40(39)43)30-44-41(35-19-11-6-12-20-35,36-21-13-7-14-22-36)37-23-15-8-16-24-37/h5-26,29,31-32,38,43H,27-28,30H2,1-4H3. The quantitative estimate of drug-likeness (QED) is 0.140. The molecule has 0 radical (unpaired) electrons. The Labute approximate surface area is 263 Å². The van der Waals surface area contributed by atoms with Gasteiger partial charge in [0.25, 0.3) is 0 Å². The van der Waals surface area contributed by atoms with E-state index in [1.54, 1.807) is 0 Å². The topological polar surface area (TPSA) is 32.7 Å². The molecule has 0 aliphatic carbocycles. The van der Waals surface area contributed by atoms with Crippen LogP contribution >= 0.6 is 0 Å². The van der Waals surface area contributed by atoms with Crippen molar-refractivity contribution in [2.75, 3.05) is 6.54 Å². The van der Waals surface area contributed by atoms with E-state index in [9.17, 15) is 5.11 Å². The number of hydrogen-bond acceptors (Lipinski definition) is 3. The number of ether oxygens (including phenoxy) is 1. The number of phenolic OH excluding ortho intramolecular Hbond substituents is 1. The van der Waals surface area contributed by atoms with E-state index in [0.717, 1.165) is 40.8 Å². The van der Waals surface area contributed by atoms with Crippen molar-refractivity contribution in [3.05, 3.63) is 173 Å². The van der Waals surface area contributed by atoms with Gasteiger partial charge in [-0.05, 0) is 80.6 Å². The maximum atomic E-state index is 11.3. The summed E-state index contributed by atoms with van der Waals surface area (Å²) in [4.78, 5) is 2.52. The van der Waals surface area contributed by atoms with Crippen molar-refractivity contribution in [3.8, 4) is 5.75 Å². The number of nitrogens with zero attached hydrogens (tertiary/aromatic N) is 1. The Hall–Kier alpha value is -4.18. The van der Waals surface area contributed by atoms with Crippen molar-refractivity contribution in [3.63, 3.8) is 0 Å². The van der Waals surface area contributed by atoms with Crippen LogP contribution in [0.5, 0.6) is 5.75 Å². The number of rotatable bonds is 13. The fourth-order valence-electron chi connectivity index (χ4n) is 6.51. The molecule has 1 unspecified atom stereocenters. The summed E-state index contributed by atoms with van der Waals surface area (Å²) < 4.78 is 7.13. The summed E-state index contributed by atoms with van der Waals surface area (Å²) in [6.45, 7) is 10.3. The molecule has 0 amide bonds. The second-order valence-corrected chi connectivity index (χ2v) is 12.1. The molecule has 0 bridgehead atoms. The molecule has 0 fully saturated rings. The molecule has 5 aromatic carbocycles. The summed E-state index contributed by atoms with van der Waals surface area (Å²) in [5.74, 6) is 0.377. The monoisotopic (exact) mass is 583 g/mol. The molecule has 0 heterocycles. The predicted molar refractivity (Wildman–Crippen MR) is 182 cm³/mol. The summed E-state index contributed by atoms with van der Waals surface area (Å²) >= 11 is 0. The molecule has 1 atom stereocenters. The smallest absolute Gasteiger partial charge is 0.144 e. The molecule has 0 saturated heterocycles. The third kappa shape index (κ3) is 6.96. The van der Waals surface area contributed by atoms with Crippen LogP contribution in [0.15, 0.2) is 140 Å². The highest BCUT2D eigenvalue weighted by molar-refractivity contribution is 5.48. The van der Waals surface area contributed by atoms with Crippen molar-refractivity contribution in [1.29, 1.82) is 0 Å². The van der Waals surface area contributed by atoms with E-state index < -0.39 is 5.60 Å². The highest BCUT2D eigenvalue weighted by Gasteiger charge is 2.37. The van der Waals surface area contributed by atoms with Gasteiger partial charge >= 0.3 is 0 Å². The molecule has 0 aliphatic heterocycles. The van der Waals surface area contributed by atoms with Gasteiger partial charge in [-0.3, -0.25) is 4.90 Å². The normalized spacial score (nSPS) is 12.6. The van der Waals surface area contributed by atoms with Crippen LogP contribution in [0.25, 0.3) is 0 Å². The molecule has 0 saturated carbocycles. The molecular weight excluding hydrogens is 538 g/mol. The van der Waals surface area contributed by atoms with Crippen molar-refractivity contribution in [2.24, 2.45) is 0 Å². The molecule has 0 spiro atoms. The van der Waals surface area contributed by atoms with Crippen LogP contribution in [-0.2, 0) is 16.9 Å². The Kier molecular flexibility index (Phi) is 10.3. The Morgan fingerprint density at radius 2 is 1.07 bits per heavy atom. The van der Waals surface area contributed by atoms with Gasteiger partial charge in [0.1, 0.15) is 11.4 Å². The summed E-state index contributed by atoms with van der Waals surface area (Å²) in [6.07, 6.45) is 0.903. The van der Waals surface area contributed by atoms with Gasteiger partial charge in [0.15, 0.2) is 0 Å². The third-order valence-corrected chi connectivity index (χ3v) is 8.67. The first-order valence-electron chi connectivity index (χ1n) is 15.8. The van der Waals surface area contributed by atoms with E-state index in [4.69, 9.17) is 4.74 Å². The van der Waals surface area contributed by atoms with Crippen LogP contribution in [0.2, 0.25) is 0 Å². The number of benzene rings is 5. The molecule has 3 heteroatoms. The minimum atomic E-state index is -0.810. The summed E-state index contributed by atoms with van der Waals surface area (Å²) in [7, 11) is 0. The number of phenols is 1. The minimum absolute atomic E-state index is 0.0540. The molecule has 1 N–H and O–H groups in total. The van der Waals surface area contributed by atoms with E-state index >= 15 is 0 Å². The Morgan fingerprint density at radius 3 is 1.52 bits per heavy atom. The molecule has 226 valence electrons. The largest absolute Gasteiger partial charge is 0.508 e. The molecule has 0 aromatic heterocycles. The number of aromatic hydroxyl groups is 1. The van der Waals surface area contributed by atoms with Gasteiger partial charge in [0.2, 0.25) is 0 Å². The first kappa shape index (κ1) is 31.3. The lowest BCUT2D eigenvalue weighted by Crippen LogP contribution is -2.38. The predicted octanol–water partition coefficient (Wildman–Crippen LogP) is 9.54. The van der Waals surface area contributed by atoms with Crippen LogP contribution in [0.1, 0.15) is 73.4 Å². The summed E-state index contributed by atoms with van der Waals surface area (Å²) in [5.41, 5.74) is 5.57. The van der Waals surface area contributed by atoms with Gasteiger partial charge < -0.3 is 9.84 Å². The van der Waals surface area contributed by atoms with Crippen molar-refractivity contribution in [1.82, 2.24) is 4.90 Å². The molecule has 5 aromatic rings. The second-order valence-electron chi connectivity index (χ2n) is 12.1. The van der Waals surface area contributed by atoms with E-state index in [1.807, 2.05) is 30.3 Å². The first-order valence-corrected chi connectivity index (χ1v) is 15.8. The maximum absolute atomic E-state index is 11.3. The lowest BCUT2D eigenvalue weighted by atomic mass is 9.80. The van der Waals surface area contributed by atoms with Gasteiger partial charge in [-0.15, -0.1) is 0 Å². The van der Waals surface area contributed by atoms with Gasteiger partial charge in [-0.2, -0.15) is 0 Å². The van der Waals surface area contributed by atoms with E-state index in [0.29, 0.717) is 24.4 Å². The second kappa shape index (κ2) is 14.5. The van der Waals surface area contributed by atoms with Crippen LogP contribution in [0.4, 0.5) is 0 Å². The minimum Gasteiger partial charge on any atom is -0.508 e. The van der Waals surface area contributed by atoms with Crippen molar-refractivity contribution < 1.29 is 9.84 Å². The van der Waals surface area contributed by atoms with Gasteiger partial charge in [-0.25, -0.2) is 0 Å². The van der Waals surface area contributed by atoms with Gasteiger partial charge in [-0.1, -0.05) is 127 Å². The molecule has 5 rings (SSSR count). The SMILES string of the molecule is CC(C)N(CCC(c1ccccc1)c1cc(COC(c2ccccc2)(c2ccccc2)c2ccccc2)ccc1O)C(C)C. The third-order valence-electron chi connectivity index (χ3n) is 8.67. The fraction of sp³-hybridized carbons (Fsp3) is 0.268. The lowest BCUT2D eigenvalue weighted by Gasteiger charge is -2.36. The van der Waals surface area contributed by atoms with Gasteiger partial charge in [0, 0.05) is 23.6 Å². The molecular formula is C41H45NO2. The Bertz CT molecular complexity index is 1460. The zero-order valence-electron chi connectivity index (χ0n) is 26.4. The summed E-state index contributed by atoms with van der Waals surface area (Å²) in [6, 6.07) is 48.8. The maximum Gasteiger partial charge on any atom is 0.144 e. The average molecular weight is 584 g/mol. The Balaban J connectivity index is 1.54. The van der Waals surface area contributed by atoms with Crippen LogP contribution in [-0.4, -0.2) is 28.6 Å². The fourth-order valence-corrected chi connectivity index (χ4v) is 6.51. The van der Waals surface area contributed by atoms with Crippen LogP contribution in [0.3, 0.4) is 0 Å². The van der Waals surface area contributed by atoms with Crippen LogP contribution < -0.4 is 0 Å². The van der Waals surface area contributed by atoms with Crippen molar-refractivity contribution in [2.45, 2.75) is 64.3 Å². The average Bonchev–Trinajstić information content (AvgIpc) is 3.06. The highest BCUT2D eigenvalue weighted by Crippen LogP contribution is 2.42. The Morgan fingerprint density at radius 1 is 0.614 bits per heavy atom. The highest BCUT2D eigenvalue weighted by atomic mass is 16.5. The van der Waals surface area contributed by atoms with E-state index in [-0.39, 0.29) is 5.92 Å². The zero-order valence-corrected chi connectivity index (χ0v) is 26.4. The van der Waals surface area contributed by atoms with E-state index in [2.05, 4.69) is 142 Å². The zero-order chi connectivity index (χ0) is 30.9. The lowest BCUT2D eigenvalue weighted by molar-refractivity contribution is 0.000196. The summed E-state index contributed by atoms with van der Waals surface area (Å²) in [5, 5.41) is 11.3.